The second-order valence-corrected chi connectivity index (χ2v) is 7.28. The van der Waals surface area contributed by atoms with Gasteiger partial charge >= 0.3 is 0 Å². The summed E-state index contributed by atoms with van der Waals surface area (Å²) in [5.74, 6) is 0.0424. The van der Waals surface area contributed by atoms with Crippen LogP contribution < -0.4 is 10.1 Å². The Morgan fingerprint density at radius 2 is 2.11 bits per heavy atom. The van der Waals surface area contributed by atoms with E-state index in [4.69, 9.17) is 4.74 Å². The van der Waals surface area contributed by atoms with Gasteiger partial charge in [-0.3, -0.25) is 14.9 Å². The number of carbonyl (C=O) groups is 1. The predicted octanol–water partition coefficient (Wildman–Crippen LogP) is 3.91. The fourth-order valence-corrected chi connectivity index (χ4v) is 3.34. The number of ether oxygens (including phenoxy) is 1. The second kappa shape index (κ2) is 7.67. The van der Waals surface area contributed by atoms with Gasteiger partial charge in [0, 0.05) is 12.1 Å². The van der Waals surface area contributed by atoms with E-state index >= 15 is 0 Å². The fourth-order valence-electron chi connectivity index (χ4n) is 2.52. The Labute approximate surface area is 159 Å². The third-order valence-electron chi connectivity index (χ3n) is 3.93. The topological polar surface area (TPSA) is 110 Å². The van der Waals surface area contributed by atoms with E-state index in [-0.39, 0.29) is 17.3 Å². The van der Waals surface area contributed by atoms with E-state index in [1.807, 2.05) is 25.1 Å². The van der Waals surface area contributed by atoms with Crippen LogP contribution in [0, 0.1) is 17.0 Å². The van der Waals surface area contributed by atoms with Crippen molar-refractivity contribution in [2.75, 3.05) is 12.4 Å². The van der Waals surface area contributed by atoms with Gasteiger partial charge in [0.2, 0.25) is 5.91 Å². The number of benzene rings is 2. The number of non-ortho nitro benzene ring substituents is 1. The molecule has 8 nitrogen and oxygen atoms in total. The Bertz CT molecular complexity index is 1020. The molecule has 0 unspecified atom stereocenters. The number of hydrogen-bond acceptors (Lipinski definition) is 6. The Morgan fingerprint density at radius 1 is 1.33 bits per heavy atom. The van der Waals surface area contributed by atoms with Crippen LogP contribution in [0.2, 0.25) is 0 Å². The molecule has 140 valence electrons. The number of carbonyl (C=O) groups excluding carboxylic acids is 1. The molecule has 0 radical (unpaired) electrons. The minimum atomic E-state index is -0.524. The van der Waals surface area contributed by atoms with Gasteiger partial charge in [-0.1, -0.05) is 17.8 Å². The molecular weight excluding hydrogens is 368 g/mol. The zero-order chi connectivity index (χ0) is 19.6. The molecule has 1 amide bonds. The number of aryl methyl sites for hydroxylation is 1. The number of nitrogens with zero attached hydrogens (tertiary/aromatic N) is 2. The molecule has 0 saturated carbocycles. The van der Waals surface area contributed by atoms with Crippen LogP contribution in [0.5, 0.6) is 5.75 Å². The quantitative estimate of drug-likeness (QED) is 0.378. The first-order valence-electron chi connectivity index (χ1n) is 8.13. The van der Waals surface area contributed by atoms with Crippen LogP contribution in [0.15, 0.2) is 41.6 Å². The number of fused-ring (bicyclic) bond motifs is 1. The standard InChI is InChI=1S/C18H18N4O4S/c1-10-4-6-13-14(8-10)21-18(20-13)27-11(2)17(23)19-15-9-12(22(24)25)5-7-16(15)26-3/h4-9,11H,1-3H3,(H,19,23)(H,20,21)/t11-/m1/s1. The number of nitro groups is 1. The third-order valence-corrected chi connectivity index (χ3v) is 4.91. The van der Waals surface area contributed by atoms with Crippen molar-refractivity contribution in [2.24, 2.45) is 0 Å². The van der Waals surface area contributed by atoms with Gasteiger partial charge < -0.3 is 15.0 Å². The number of imidazole rings is 1. The molecule has 1 aromatic heterocycles. The first-order chi connectivity index (χ1) is 12.9. The molecule has 9 heteroatoms. The van der Waals surface area contributed by atoms with Crippen LogP contribution >= 0.6 is 11.8 Å². The number of H-pyrrole nitrogens is 1. The van der Waals surface area contributed by atoms with Gasteiger partial charge in [-0.2, -0.15) is 0 Å². The molecule has 0 saturated heterocycles. The van der Waals surface area contributed by atoms with Gasteiger partial charge in [0.25, 0.3) is 5.69 Å². The normalized spacial score (nSPS) is 12.0. The van der Waals surface area contributed by atoms with Crippen molar-refractivity contribution in [3.63, 3.8) is 0 Å². The summed E-state index contributed by atoms with van der Waals surface area (Å²) in [5.41, 5.74) is 2.98. The van der Waals surface area contributed by atoms with Crippen molar-refractivity contribution in [1.82, 2.24) is 9.97 Å². The van der Waals surface area contributed by atoms with Crippen molar-refractivity contribution >= 4 is 40.1 Å². The molecule has 2 N–H and O–H groups in total. The van der Waals surface area contributed by atoms with Gasteiger partial charge in [0.05, 0.1) is 34.0 Å². The number of aromatic nitrogens is 2. The number of nitrogens with one attached hydrogen (secondary N) is 2. The molecule has 27 heavy (non-hydrogen) atoms. The number of methoxy groups -OCH3 is 1. The van der Waals surface area contributed by atoms with Gasteiger partial charge in [-0.15, -0.1) is 0 Å². The molecule has 3 rings (SSSR count). The number of hydrogen-bond donors (Lipinski definition) is 2. The fraction of sp³-hybridized carbons (Fsp3) is 0.222. The smallest absolute Gasteiger partial charge is 0.271 e. The average Bonchev–Trinajstić information content (AvgIpc) is 3.02. The highest BCUT2D eigenvalue weighted by Gasteiger charge is 2.20. The lowest BCUT2D eigenvalue weighted by Gasteiger charge is -2.13. The van der Waals surface area contributed by atoms with Gasteiger partial charge in [0.15, 0.2) is 5.16 Å². The Hall–Kier alpha value is -3.07. The monoisotopic (exact) mass is 386 g/mol. The molecule has 0 aliphatic carbocycles. The van der Waals surface area contributed by atoms with Gasteiger partial charge in [-0.25, -0.2) is 4.98 Å². The first kappa shape index (κ1) is 18.7. The summed E-state index contributed by atoms with van der Waals surface area (Å²) in [4.78, 5) is 30.6. The van der Waals surface area contributed by atoms with Crippen LogP contribution in [-0.4, -0.2) is 33.2 Å². The summed E-state index contributed by atoms with van der Waals surface area (Å²) < 4.78 is 5.17. The van der Waals surface area contributed by atoms with E-state index in [1.54, 1.807) is 6.92 Å². The highest BCUT2D eigenvalue weighted by molar-refractivity contribution is 8.00. The molecule has 1 heterocycles. The maximum absolute atomic E-state index is 12.5. The second-order valence-electron chi connectivity index (χ2n) is 5.95. The Kier molecular flexibility index (Phi) is 5.31. The number of amides is 1. The van der Waals surface area contributed by atoms with Crippen molar-refractivity contribution in [3.05, 3.63) is 52.1 Å². The van der Waals surface area contributed by atoms with Crippen LogP contribution in [0.1, 0.15) is 12.5 Å². The zero-order valence-corrected chi connectivity index (χ0v) is 15.8. The van der Waals surface area contributed by atoms with Crippen LogP contribution in [-0.2, 0) is 4.79 Å². The molecule has 1 atom stereocenters. The molecule has 0 spiro atoms. The number of rotatable bonds is 6. The summed E-state index contributed by atoms with van der Waals surface area (Å²) in [6, 6.07) is 9.94. The minimum absolute atomic E-state index is 0.126. The molecule has 2 aromatic carbocycles. The van der Waals surface area contributed by atoms with Crippen molar-refractivity contribution in [1.29, 1.82) is 0 Å². The highest BCUT2D eigenvalue weighted by Crippen LogP contribution is 2.30. The molecule has 0 fully saturated rings. The lowest BCUT2D eigenvalue weighted by atomic mass is 10.2. The molecular formula is C18H18N4O4S. The van der Waals surface area contributed by atoms with E-state index in [9.17, 15) is 14.9 Å². The van der Waals surface area contributed by atoms with Gasteiger partial charge in [0.1, 0.15) is 5.75 Å². The maximum Gasteiger partial charge on any atom is 0.271 e. The van der Waals surface area contributed by atoms with Crippen LogP contribution in [0.4, 0.5) is 11.4 Å². The molecule has 0 aliphatic heterocycles. The van der Waals surface area contributed by atoms with E-state index in [1.165, 1.54) is 37.1 Å². The highest BCUT2D eigenvalue weighted by atomic mass is 32.2. The zero-order valence-electron chi connectivity index (χ0n) is 15.0. The largest absolute Gasteiger partial charge is 0.495 e. The minimum Gasteiger partial charge on any atom is -0.495 e. The number of aromatic amines is 1. The predicted molar refractivity (Wildman–Crippen MR) is 104 cm³/mol. The number of anilines is 1. The lowest BCUT2D eigenvalue weighted by molar-refractivity contribution is -0.384. The number of nitro benzene ring substituents is 1. The number of thioether (sulfide) groups is 1. The van der Waals surface area contributed by atoms with E-state index < -0.39 is 10.2 Å². The van der Waals surface area contributed by atoms with Crippen molar-refractivity contribution in [2.45, 2.75) is 24.3 Å². The Morgan fingerprint density at radius 3 is 2.81 bits per heavy atom. The van der Waals surface area contributed by atoms with Crippen molar-refractivity contribution in [3.8, 4) is 5.75 Å². The first-order valence-corrected chi connectivity index (χ1v) is 9.01. The third kappa shape index (κ3) is 4.20. The van der Waals surface area contributed by atoms with Crippen LogP contribution in [0.25, 0.3) is 11.0 Å². The van der Waals surface area contributed by atoms with E-state index in [2.05, 4.69) is 15.3 Å². The lowest BCUT2D eigenvalue weighted by Crippen LogP contribution is -2.22. The Balaban J connectivity index is 1.75. The van der Waals surface area contributed by atoms with E-state index in [0.717, 1.165) is 16.6 Å². The maximum atomic E-state index is 12.5. The van der Waals surface area contributed by atoms with E-state index in [0.29, 0.717) is 10.9 Å². The summed E-state index contributed by atoms with van der Waals surface area (Å²) in [6.45, 7) is 3.73. The summed E-state index contributed by atoms with van der Waals surface area (Å²) in [6.07, 6.45) is 0. The summed E-state index contributed by atoms with van der Waals surface area (Å²) in [5, 5.41) is 13.8. The summed E-state index contributed by atoms with van der Waals surface area (Å²) >= 11 is 1.27. The molecule has 0 aliphatic rings. The van der Waals surface area contributed by atoms with Crippen molar-refractivity contribution < 1.29 is 14.5 Å². The SMILES string of the molecule is COc1ccc([N+](=O)[O-])cc1NC(=O)[C@@H](C)Sc1nc2ccc(C)cc2[nH]1. The van der Waals surface area contributed by atoms with Crippen LogP contribution in [0.3, 0.4) is 0 Å². The summed E-state index contributed by atoms with van der Waals surface area (Å²) in [7, 11) is 1.44. The molecule has 0 bridgehead atoms. The average molecular weight is 386 g/mol. The van der Waals surface area contributed by atoms with Gasteiger partial charge in [-0.05, 0) is 37.6 Å². The molecule has 3 aromatic rings.